The Kier molecular flexibility index (Phi) is 14.2. The van der Waals surface area contributed by atoms with E-state index in [1.54, 1.807) is 0 Å². The summed E-state index contributed by atoms with van der Waals surface area (Å²) in [5.74, 6) is -0.366. The fraction of sp³-hybridized carbons (Fsp3) is 0.833. The minimum atomic E-state index is -2.59. The van der Waals surface area contributed by atoms with Gasteiger partial charge >= 0.3 is 14.8 Å². The van der Waals surface area contributed by atoms with Gasteiger partial charge in [-0.2, -0.15) is 0 Å². The molecule has 0 amide bonds. The Morgan fingerprint density at radius 3 is 1.92 bits per heavy atom. The first-order chi connectivity index (χ1) is 11.5. The maximum atomic E-state index is 11.2. The fourth-order valence-corrected chi connectivity index (χ4v) is 5.10. The minimum Gasteiger partial charge on any atom is -0.460 e. The predicted octanol–water partition coefficient (Wildman–Crippen LogP) is 4.49. The molecule has 5 nitrogen and oxygen atoms in total. The third-order valence-electron chi connectivity index (χ3n) is 3.41. The summed E-state index contributed by atoms with van der Waals surface area (Å²) in [5, 5.41) is 0. The monoisotopic (exact) mass is 360 g/mol. The quantitative estimate of drug-likeness (QED) is 0.176. The van der Waals surface area contributed by atoms with Gasteiger partial charge in [0.15, 0.2) is 0 Å². The molecule has 0 saturated carbocycles. The van der Waals surface area contributed by atoms with Crippen LogP contribution in [-0.4, -0.2) is 40.7 Å². The first kappa shape index (κ1) is 23.3. The van der Waals surface area contributed by atoms with Crippen molar-refractivity contribution in [3.63, 3.8) is 0 Å². The van der Waals surface area contributed by atoms with E-state index in [2.05, 4.69) is 27.4 Å². The summed E-state index contributed by atoms with van der Waals surface area (Å²) in [6, 6.07) is 0.815. The van der Waals surface area contributed by atoms with E-state index in [9.17, 15) is 4.79 Å². The number of rotatable bonds is 16. The van der Waals surface area contributed by atoms with Gasteiger partial charge < -0.3 is 18.0 Å². The number of esters is 1. The lowest BCUT2D eigenvalue weighted by Gasteiger charge is -2.29. The van der Waals surface area contributed by atoms with Crippen LogP contribution in [0, 0.1) is 0 Å². The zero-order valence-electron chi connectivity index (χ0n) is 16.0. The summed E-state index contributed by atoms with van der Waals surface area (Å²) in [6.45, 7) is 13.6. The molecule has 0 aliphatic heterocycles. The maximum Gasteiger partial charge on any atom is 0.500 e. The number of unbranched alkanes of at least 4 members (excludes halogenated alkanes) is 1. The topological polar surface area (TPSA) is 54.0 Å². The summed E-state index contributed by atoms with van der Waals surface area (Å²) >= 11 is 0. The Labute approximate surface area is 149 Å². The lowest BCUT2D eigenvalue weighted by Crippen LogP contribution is -2.46. The van der Waals surface area contributed by atoms with Gasteiger partial charge in [0.2, 0.25) is 0 Å². The highest BCUT2D eigenvalue weighted by atomic mass is 28.4. The van der Waals surface area contributed by atoms with Crippen molar-refractivity contribution in [3.05, 3.63) is 12.7 Å². The molecular weight excluding hydrogens is 324 g/mol. The number of hydrogen-bond acceptors (Lipinski definition) is 5. The van der Waals surface area contributed by atoms with Crippen LogP contribution in [0.25, 0.3) is 0 Å². The molecule has 0 N–H and O–H groups in total. The highest BCUT2D eigenvalue weighted by Crippen LogP contribution is 2.21. The first-order valence-corrected chi connectivity index (χ1v) is 11.2. The molecule has 0 heterocycles. The lowest BCUT2D eigenvalue weighted by molar-refractivity contribution is -0.142. The number of carbonyl (C=O) groups is 1. The molecule has 0 aliphatic carbocycles. The Bertz CT molecular complexity index is 314. The summed E-state index contributed by atoms with van der Waals surface area (Å²) in [5.41, 5.74) is 0. The van der Waals surface area contributed by atoms with E-state index in [1.807, 2.05) is 6.92 Å². The normalized spacial score (nSPS) is 12.8. The van der Waals surface area contributed by atoms with Crippen LogP contribution in [0.1, 0.15) is 66.2 Å². The third kappa shape index (κ3) is 11.0. The van der Waals surface area contributed by atoms with Gasteiger partial charge in [-0.15, -0.1) is 0 Å². The molecule has 0 bridgehead atoms. The Morgan fingerprint density at radius 2 is 1.50 bits per heavy atom. The third-order valence-corrected chi connectivity index (χ3v) is 6.30. The molecule has 0 saturated heterocycles. The van der Waals surface area contributed by atoms with Crippen molar-refractivity contribution in [3.8, 4) is 0 Å². The standard InChI is InChI=1S/C18H36O5Si/c1-6-13-20-24(21-14-7-2,22-15-8-3)16-11-10-12-17(5)23-18(19)9-4/h9,17H,4,6-8,10-16H2,1-3,5H3. The summed E-state index contributed by atoms with van der Waals surface area (Å²) in [6.07, 6.45) is 6.66. The zero-order valence-corrected chi connectivity index (χ0v) is 17.0. The van der Waals surface area contributed by atoms with Crippen LogP contribution in [0.15, 0.2) is 12.7 Å². The van der Waals surface area contributed by atoms with E-state index in [4.69, 9.17) is 18.0 Å². The summed E-state index contributed by atoms with van der Waals surface area (Å²) in [4.78, 5) is 11.2. The Hall–Kier alpha value is -0.693. The fourth-order valence-electron chi connectivity index (χ4n) is 2.19. The van der Waals surface area contributed by atoms with E-state index in [-0.39, 0.29) is 12.1 Å². The molecule has 0 spiro atoms. The summed E-state index contributed by atoms with van der Waals surface area (Å²) < 4.78 is 23.4. The smallest absolute Gasteiger partial charge is 0.460 e. The average Bonchev–Trinajstić information content (AvgIpc) is 2.59. The molecule has 0 aromatic heterocycles. The molecule has 6 heteroatoms. The van der Waals surface area contributed by atoms with Gasteiger partial charge in [0, 0.05) is 31.9 Å². The van der Waals surface area contributed by atoms with E-state index in [0.717, 1.165) is 44.6 Å². The molecule has 0 aromatic carbocycles. The van der Waals surface area contributed by atoms with Gasteiger partial charge in [0.1, 0.15) is 0 Å². The van der Waals surface area contributed by atoms with E-state index >= 15 is 0 Å². The van der Waals surface area contributed by atoms with Gasteiger partial charge in [-0.1, -0.05) is 27.4 Å². The van der Waals surface area contributed by atoms with Gasteiger partial charge in [0.25, 0.3) is 0 Å². The van der Waals surface area contributed by atoms with Crippen molar-refractivity contribution >= 4 is 14.8 Å². The second-order valence-corrected chi connectivity index (χ2v) is 8.66. The molecule has 142 valence electrons. The molecule has 0 fully saturated rings. The second kappa shape index (κ2) is 14.6. The van der Waals surface area contributed by atoms with Crippen LogP contribution in [0.4, 0.5) is 0 Å². The van der Waals surface area contributed by atoms with Gasteiger partial charge in [0.05, 0.1) is 6.10 Å². The van der Waals surface area contributed by atoms with Crippen molar-refractivity contribution in [2.24, 2.45) is 0 Å². The van der Waals surface area contributed by atoms with Crippen molar-refractivity contribution < 1.29 is 22.8 Å². The zero-order chi connectivity index (χ0) is 18.3. The van der Waals surface area contributed by atoms with Crippen LogP contribution in [-0.2, 0) is 22.8 Å². The number of carbonyl (C=O) groups excluding carboxylic acids is 1. The SMILES string of the molecule is C=CC(=O)OC(C)CCCC[Si](OCCC)(OCCC)OCCC. The molecule has 0 radical (unpaired) electrons. The highest BCUT2D eigenvalue weighted by molar-refractivity contribution is 6.60. The van der Waals surface area contributed by atoms with Crippen molar-refractivity contribution in [1.82, 2.24) is 0 Å². The predicted molar refractivity (Wildman–Crippen MR) is 98.9 cm³/mol. The molecule has 24 heavy (non-hydrogen) atoms. The number of ether oxygens (including phenoxy) is 1. The van der Waals surface area contributed by atoms with Crippen molar-refractivity contribution in [2.75, 3.05) is 19.8 Å². The van der Waals surface area contributed by atoms with Crippen LogP contribution >= 0.6 is 0 Å². The van der Waals surface area contributed by atoms with Gasteiger partial charge in [-0.25, -0.2) is 4.79 Å². The Morgan fingerprint density at radius 1 is 1.00 bits per heavy atom. The molecule has 0 aliphatic rings. The highest BCUT2D eigenvalue weighted by Gasteiger charge is 2.40. The van der Waals surface area contributed by atoms with Crippen molar-refractivity contribution in [2.45, 2.75) is 78.4 Å². The molecular formula is C18H36O5Si. The molecule has 0 aromatic rings. The second-order valence-electron chi connectivity index (χ2n) is 5.93. The largest absolute Gasteiger partial charge is 0.500 e. The van der Waals surface area contributed by atoms with E-state index in [1.165, 1.54) is 6.08 Å². The Balaban J connectivity index is 4.44. The lowest BCUT2D eigenvalue weighted by atomic mass is 10.2. The van der Waals surface area contributed by atoms with Gasteiger partial charge in [-0.3, -0.25) is 0 Å². The van der Waals surface area contributed by atoms with Crippen LogP contribution < -0.4 is 0 Å². The van der Waals surface area contributed by atoms with E-state index < -0.39 is 8.80 Å². The maximum absolute atomic E-state index is 11.2. The number of hydrogen-bond donors (Lipinski definition) is 0. The molecule has 0 rings (SSSR count). The van der Waals surface area contributed by atoms with Gasteiger partial charge in [-0.05, 0) is 45.4 Å². The van der Waals surface area contributed by atoms with Crippen molar-refractivity contribution in [1.29, 1.82) is 0 Å². The van der Waals surface area contributed by atoms with Crippen LogP contribution in [0.3, 0.4) is 0 Å². The van der Waals surface area contributed by atoms with Crippen LogP contribution in [0.2, 0.25) is 6.04 Å². The molecule has 1 atom stereocenters. The first-order valence-electron chi connectivity index (χ1n) is 9.28. The van der Waals surface area contributed by atoms with E-state index in [0.29, 0.717) is 19.8 Å². The molecule has 1 unspecified atom stereocenters. The summed E-state index contributed by atoms with van der Waals surface area (Å²) in [7, 11) is -2.59. The van der Waals surface area contributed by atoms with Crippen LogP contribution in [0.5, 0.6) is 0 Å². The average molecular weight is 361 g/mol. The minimum absolute atomic E-state index is 0.101.